The van der Waals surface area contributed by atoms with E-state index >= 15 is 0 Å². The van der Waals surface area contributed by atoms with Gasteiger partial charge in [0.2, 0.25) is 0 Å². The molecule has 0 rings (SSSR count). The zero-order valence-electron chi connectivity index (χ0n) is 2.27. The molecule has 0 atom stereocenters. The first-order chi connectivity index (χ1) is 1.00. The van der Waals surface area contributed by atoms with Crippen LogP contribution in [0.1, 0.15) is 0 Å². The molecule has 0 aliphatic carbocycles. The van der Waals surface area contributed by atoms with Crippen molar-refractivity contribution in [2.24, 2.45) is 0 Å². The van der Waals surface area contributed by atoms with Crippen LogP contribution >= 0.6 is 0 Å². The Labute approximate surface area is 75.7 Å². The molecule has 0 amide bonds. The first kappa shape index (κ1) is 45.8. The van der Waals surface area contributed by atoms with E-state index in [2.05, 4.69) is 0 Å². The van der Waals surface area contributed by atoms with Crippen LogP contribution < -0.4 is 37.2 Å². The second kappa shape index (κ2) is 70.0. The molecule has 0 aromatic rings. The topological polar surface area (TPSA) is 17.1 Å². The number of rotatable bonds is 0. The molecule has 0 heterocycles. The van der Waals surface area contributed by atoms with Crippen LogP contribution in [0.25, 0.3) is 0 Å². The minimum atomic E-state index is 0. The van der Waals surface area contributed by atoms with Crippen molar-refractivity contribution < 1.29 is 76.1 Å². The van der Waals surface area contributed by atoms with E-state index in [9.17, 15) is 0 Å². The van der Waals surface area contributed by atoms with E-state index in [1.54, 1.807) is 0 Å². The normalized spacial score (nSPS) is 0.667. The van der Waals surface area contributed by atoms with Gasteiger partial charge in [-0.05, 0) is 0 Å². The summed E-state index contributed by atoms with van der Waals surface area (Å²) in [5.74, 6) is 0. The van der Waals surface area contributed by atoms with Gasteiger partial charge >= 0.3 is 38.9 Å². The van der Waals surface area contributed by atoms with Crippen molar-refractivity contribution in [2.45, 2.75) is 0 Å². The summed E-state index contributed by atoms with van der Waals surface area (Å²) in [6, 6.07) is 0. The van der Waals surface area contributed by atoms with Gasteiger partial charge in [-0.1, -0.05) is 0 Å². The fraction of sp³-hybridized carbons (Fsp3) is 0. The fourth-order valence-electron chi connectivity index (χ4n) is 0. The first-order valence-electron chi connectivity index (χ1n) is 0.144. The second-order valence-corrected chi connectivity index (χ2v) is 0. The molecule has 0 fully saturated rings. The van der Waals surface area contributed by atoms with Crippen molar-refractivity contribution in [3.05, 3.63) is 0 Å². The molecular formula is Cl3MnORu. The maximum absolute atomic E-state index is 8.18. The Morgan fingerprint density at radius 1 is 0.833 bits per heavy atom. The molecule has 0 bridgehead atoms. The van der Waals surface area contributed by atoms with E-state index in [-0.39, 0.29) is 54.3 Å². The maximum atomic E-state index is 8.18. The van der Waals surface area contributed by atoms with Crippen molar-refractivity contribution in [1.82, 2.24) is 0 Å². The van der Waals surface area contributed by atoms with Crippen LogP contribution in [0.5, 0.6) is 0 Å². The molecule has 0 spiro atoms. The molecule has 0 aromatic carbocycles. The second-order valence-electron chi connectivity index (χ2n) is 0. The minimum absolute atomic E-state index is 0. The fourth-order valence-corrected chi connectivity index (χ4v) is 0. The van der Waals surface area contributed by atoms with Gasteiger partial charge in [0.1, 0.15) is 0 Å². The summed E-state index contributed by atoms with van der Waals surface area (Å²) < 4.78 is 8.18. The zero-order valence-corrected chi connectivity index (χ0v) is 7.46. The van der Waals surface area contributed by atoms with E-state index in [0.717, 1.165) is 18.3 Å². The predicted molar refractivity (Wildman–Crippen MR) is 0.686 cm³/mol. The van der Waals surface area contributed by atoms with Crippen molar-refractivity contribution in [3.63, 3.8) is 0 Å². The summed E-state index contributed by atoms with van der Waals surface area (Å²) >= 11 is 1.10. The van der Waals surface area contributed by atoms with Gasteiger partial charge in [0.15, 0.2) is 0 Å². The molecule has 0 aromatic heterocycles. The molecule has 1 radical (unpaired) electrons. The Kier molecular flexibility index (Phi) is 535. The molecule has 6 heavy (non-hydrogen) atoms. The van der Waals surface area contributed by atoms with Gasteiger partial charge < -0.3 is 37.2 Å². The molecule has 42 valence electrons. The summed E-state index contributed by atoms with van der Waals surface area (Å²) in [7, 11) is 0. The number of hydrogen-bond donors (Lipinski definition) is 0. The van der Waals surface area contributed by atoms with Crippen molar-refractivity contribution in [3.8, 4) is 0 Å². The van der Waals surface area contributed by atoms with Gasteiger partial charge in [-0.25, -0.2) is 0 Å². The van der Waals surface area contributed by atoms with E-state index in [1.807, 2.05) is 0 Å². The summed E-state index contributed by atoms with van der Waals surface area (Å²) in [6.07, 6.45) is 0. The van der Waals surface area contributed by atoms with E-state index in [4.69, 9.17) is 3.57 Å². The van der Waals surface area contributed by atoms with E-state index in [1.165, 1.54) is 0 Å². The average Bonchev–Trinajstić information content (AvgIpc) is 1.00. The Hall–Kier alpha value is 1.81. The average molecular weight is 278 g/mol. The Morgan fingerprint density at radius 3 is 0.833 bits per heavy atom. The van der Waals surface area contributed by atoms with Crippen LogP contribution in [0.2, 0.25) is 0 Å². The van der Waals surface area contributed by atoms with Crippen LogP contribution in [-0.4, -0.2) is 0 Å². The van der Waals surface area contributed by atoms with Gasteiger partial charge in [0, 0.05) is 0 Å². The predicted octanol–water partition coefficient (Wildman–Crippen LogP) is -9.11. The SMILES string of the molecule is [Cl-].[Cl-].[Cl-].[Mn+2].[O]=[Ru+]. The van der Waals surface area contributed by atoms with Crippen LogP contribution in [0, 0.1) is 0 Å². The summed E-state index contributed by atoms with van der Waals surface area (Å²) in [4.78, 5) is 0. The first-order valence-corrected chi connectivity index (χ1v) is 0.854. The molecule has 0 aliphatic rings. The van der Waals surface area contributed by atoms with Gasteiger partial charge in [-0.15, -0.1) is 0 Å². The van der Waals surface area contributed by atoms with E-state index < -0.39 is 0 Å². The van der Waals surface area contributed by atoms with Crippen LogP contribution in [0.4, 0.5) is 0 Å². The Balaban J connectivity index is -0.000000000833. The van der Waals surface area contributed by atoms with E-state index in [0.29, 0.717) is 0 Å². The molecule has 1 nitrogen and oxygen atoms in total. The summed E-state index contributed by atoms with van der Waals surface area (Å²) in [5.41, 5.74) is 0. The zero-order chi connectivity index (χ0) is 2.00. The molecular weight excluding hydrogens is 278 g/mol. The summed E-state index contributed by atoms with van der Waals surface area (Å²) in [5, 5.41) is 0. The van der Waals surface area contributed by atoms with Crippen molar-refractivity contribution in [2.75, 3.05) is 0 Å². The number of halogens is 3. The van der Waals surface area contributed by atoms with Crippen molar-refractivity contribution in [1.29, 1.82) is 0 Å². The molecule has 0 N–H and O–H groups in total. The third kappa shape index (κ3) is 41.0. The quantitative estimate of drug-likeness (QED) is 0.402. The van der Waals surface area contributed by atoms with Crippen LogP contribution in [0.15, 0.2) is 0 Å². The number of hydrogen-bond acceptors (Lipinski definition) is 1. The van der Waals surface area contributed by atoms with Gasteiger partial charge in [0.05, 0.1) is 0 Å². The monoisotopic (exact) mass is 278 g/mol. The Morgan fingerprint density at radius 2 is 0.833 bits per heavy atom. The van der Waals surface area contributed by atoms with Crippen LogP contribution in [0.3, 0.4) is 0 Å². The molecule has 0 aliphatic heterocycles. The molecule has 0 unspecified atom stereocenters. The standard InChI is InChI=1S/3ClH.Mn.O.Ru/h3*1H;;;/q;;;+2;;+1/p-3. The third-order valence-electron chi connectivity index (χ3n) is 0. The van der Waals surface area contributed by atoms with Gasteiger partial charge in [-0.2, -0.15) is 0 Å². The third-order valence-corrected chi connectivity index (χ3v) is 0. The van der Waals surface area contributed by atoms with Gasteiger partial charge in [0.25, 0.3) is 0 Å². The van der Waals surface area contributed by atoms with Crippen molar-refractivity contribution >= 4 is 0 Å². The summed E-state index contributed by atoms with van der Waals surface area (Å²) in [6.45, 7) is 0. The molecule has 0 saturated carbocycles. The Bertz CT molecular complexity index is 10.8. The van der Waals surface area contributed by atoms with Gasteiger partial charge in [-0.3, -0.25) is 0 Å². The molecule has 0 saturated heterocycles. The van der Waals surface area contributed by atoms with Crippen LogP contribution in [-0.2, 0) is 38.9 Å². The molecule has 6 heteroatoms.